The summed E-state index contributed by atoms with van der Waals surface area (Å²) in [6.45, 7) is 13.7. The Labute approximate surface area is 272 Å². The molecular formula is C26H43Cl3O15. The lowest BCUT2D eigenvalue weighted by Crippen LogP contribution is -2.28. The number of hydrogen-bond donors (Lipinski definition) is 1. The van der Waals surface area contributed by atoms with Crippen molar-refractivity contribution in [2.75, 3.05) is 46.2 Å². The minimum absolute atomic E-state index is 0.0405. The van der Waals surface area contributed by atoms with Crippen molar-refractivity contribution in [2.45, 2.75) is 61.5 Å². The van der Waals surface area contributed by atoms with E-state index in [4.69, 9.17) is 31.0 Å². The van der Waals surface area contributed by atoms with Crippen LogP contribution in [0.15, 0.2) is 0 Å². The molecule has 0 aliphatic heterocycles. The molecule has 0 spiro atoms. The molecule has 0 aromatic carbocycles. The molecule has 0 fully saturated rings. The molecule has 0 aromatic rings. The molecule has 0 bridgehead atoms. The molecule has 0 rings (SSSR count). The van der Waals surface area contributed by atoms with Crippen LogP contribution in [0.3, 0.4) is 0 Å². The minimum atomic E-state index is -1.05. The molecule has 15 nitrogen and oxygen atoms in total. The number of carbonyl (C=O) groups is 7. The van der Waals surface area contributed by atoms with E-state index in [0.717, 1.165) is 0 Å². The highest BCUT2D eigenvalue weighted by molar-refractivity contribution is 6.93. The SMILES string of the molecule is CCOC(=O)C(C)CO.CCOC(=O)C(C)COC(=O)Cl.CCOC(=O)C(C)COC(=O)OC(C)C(=O)OCC.O=C(Cl)Cl. The lowest BCUT2D eigenvalue weighted by Gasteiger charge is -2.13. The Balaban J connectivity index is -0.000000273. The van der Waals surface area contributed by atoms with Crippen molar-refractivity contribution in [1.82, 2.24) is 0 Å². The van der Waals surface area contributed by atoms with E-state index in [1.54, 1.807) is 48.5 Å². The molecule has 0 radical (unpaired) electrons. The summed E-state index contributed by atoms with van der Waals surface area (Å²) in [6.07, 6.45) is -2.08. The normalized spacial score (nSPS) is 12.1. The Kier molecular flexibility index (Phi) is 34.4. The Morgan fingerprint density at radius 2 is 0.864 bits per heavy atom. The fourth-order valence-corrected chi connectivity index (χ4v) is 2.00. The van der Waals surface area contributed by atoms with Crippen LogP contribution in [0.25, 0.3) is 0 Å². The maximum atomic E-state index is 11.2. The monoisotopic (exact) mass is 700 g/mol. The van der Waals surface area contributed by atoms with Gasteiger partial charge in [-0.2, -0.15) is 0 Å². The van der Waals surface area contributed by atoms with Crippen LogP contribution >= 0.6 is 34.8 Å². The molecule has 0 saturated heterocycles. The number of aliphatic hydroxyl groups excluding tert-OH is 1. The highest BCUT2D eigenvalue weighted by Crippen LogP contribution is 2.04. The van der Waals surface area contributed by atoms with Gasteiger partial charge in [-0.1, -0.05) is 0 Å². The van der Waals surface area contributed by atoms with E-state index < -0.39 is 52.1 Å². The Morgan fingerprint density at radius 3 is 1.18 bits per heavy atom. The molecule has 44 heavy (non-hydrogen) atoms. The van der Waals surface area contributed by atoms with Gasteiger partial charge >= 0.3 is 40.2 Å². The number of ether oxygens (including phenoxy) is 7. The summed E-state index contributed by atoms with van der Waals surface area (Å²) < 4.78 is 31.5. The van der Waals surface area contributed by atoms with Gasteiger partial charge in [-0.25, -0.2) is 14.4 Å². The number of aliphatic hydroxyl groups is 1. The second-order valence-corrected chi connectivity index (χ2v) is 9.18. The standard InChI is InChI=1S/C12H20O7.C7H11ClO4.C6H12O3.CCl2O/c1-5-16-10(13)8(3)7-18-12(15)19-9(4)11(14)17-6-2;1-3-11-6(9)5(2)4-12-7(8)10;1-3-9-6(8)5(2)4-7;2-1(3)4/h8-9H,5-7H2,1-4H3;5H,3-4H2,1-2H3;5,7H,3-4H2,1-2H3;. The zero-order chi connectivity index (χ0) is 35.3. The predicted molar refractivity (Wildman–Crippen MR) is 157 cm³/mol. The maximum absolute atomic E-state index is 11.2. The van der Waals surface area contributed by atoms with Gasteiger partial charge in [-0.15, -0.1) is 0 Å². The molecule has 258 valence electrons. The van der Waals surface area contributed by atoms with Crippen LogP contribution in [0.2, 0.25) is 0 Å². The molecular weight excluding hydrogens is 659 g/mol. The highest BCUT2D eigenvalue weighted by Gasteiger charge is 2.22. The van der Waals surface area contributed by atoms with Crippen molar-refractivity contribution in [3.05, 3.63) is 0 Å². The predicted octanol–water partition coefficient (Wildman–Crippen LogP) is 4.61. The number of carbonyl (C=O) groups excluding carboxylic acids is 7. The van der Waals surface area contributed by atoms with Gasteiger partial charge in [0.15, 0.2) is 6.10 Å². The Hall–Kier alpha value is -2.88. The van der Waals surface area contributed by atoms with Crippen molar-refractivity contribution in [2.24, 2.45) is 17.8 Å². The average Bonchev–Trinajstić information content (AvgIpc) is 2.94. The van der Waals surface area contributed by atoms with Crippen molar-refractivity contribution in [3.63, 3.8) is 0 Å². The van der Waals surface area contributed by atoms with Gasteiger partial charge in [0, 0.05) is 11.6 Å². The molecule has 0 aliphatic rings. The van der Waals surface area contributed by atoms with Gasteiger partial charge in [-0.05, 0) is 78.6 Å². The van der Waals surface area contributed by atoms with E-state index >= 15 is 0 Å². The molecule has 0 saturated carbocycles. The van der Waals surface area contributed by atoms with Crippen LogP contribution in [0.4, 0.5) is 14.4 Å². The molecule has 1 N–H and O–H groups in total. The van der Waals surface area contributed by atoms with Crippen molar-refractivity contribution in [1.29, 1.82) is 0 Å². The fraction of sp³-hybridized carbons (Fsp3) is 0.731. The third-order valence-electron chi connectivity index (χ3n) is 4.13. The summed E-state index contributed by atoms with van der Waals surface area (Å²) >= 11 is 13.7. The van der Waals surface area contributed by atoms with E-state index in [1.807, 2.05) is 0 Å². The number of halogens is 3. The molecule has 0 heterocycles. The van der Waals surface area contributed by atoms with Crippen LogP contribution < -0.4 is 0 Å². The summed E-state index contributed by atoms with van der Waals surface area (Å²) in [5.41, 5.74) is -0.911. The number of rotatable bonds is 14. The van der Waals surface area contributed by atoms with Gasteiger partial charge in [0.2, 0.25) is 0 Å². The molecule has 4 unspecified atom stereocenters. The van der Waals surface area contributed by atoms with E-state index in [9.17, 15) is 28.8 Å². The zero-order valence-electron chi connectivity index (χ0n) is 26.1. The van der Waals surface area contributed by atoms with Crippen LogP contribution in [0.5, 0.6) is 0 Å². The van der Waals surface area contributed by atoms with E-state index in [1.165, 1.54) is 6.92 Å². The summed E-state index contributed by atoms with van der Waals surface area (Å²) in [7, 11) is 0. The van der Waals surface area contributed by atoms with Gasteiger partial charge < -0.3 is 38.3 Å². The number of hydrogen-bond acceptors (Lipinski definition) is 15. The van der Waals surface area contributed by atoms with Gasteiger partial charge in [-0.3, -0.25) is 19.2 Å². The summed E-state index contributed by atoms with van der Waals surface area (Å²) in [5, 5.41) is 8.43. The summed E-state index contributed by atoms with van der Waals surface area (Å²) in [5.74, 6) is -3.29. The van der Waals surface area contributed by atoms with Crippen LogP contribution in [-0.2, 0) is 52.3 Å². The average molecular weight is 702 g/mol. The van der Waals surface area contributed by atoms with Crippen LogP contribution in [0, 0.1) is 17.8 Å². The first-order valence-electron chi connectivity index (χ1n) is 13.2. The van der Waals surface area contributed by atoms with Gasteiger partial charge in [0.1, 0.15) is 13.2 Å². The fourth-order valence-electron chi connectivity index (χ4n) is 1.93. The first-order valence-corrected chi connectivity index (χ1v) is 14.4. The van der Waals surface area contributed by atoms with Crippen molar-refractivity contribution >= 4 is 75.0 Å². The van der Waals surface area contributed by atoms with E-state index in [0.29, 0.717) is 13.2 Å². The quantitative estimate of drug-likeness (QED) is 0.149. The van der Waals surface area contributed by atoms with Crippen LogP contribution in [-0.4, -0.2) is 97.6 Å². The topological polar surface area (TPSA) is 204 Å². The molecule has 4 atom stereocenters. The third kappa shape index (κ3) is 33.6. The third-order valence-corrected chi connectivity index (χ3v) is 4.24. The highest BCUT2D eigenvalue weighted by atomic mass is 35.5. The minimum Gasteiger partial charge on any atom is -0.466 e. The number of esters is 4. The second kappa shape index (κ2) is 31.5. The Bertz CT molecular complexity index is 851. The lowest BCUT2D eigenvalue weighted by molar-refractivity contribution is -0.154. The molecule has 0 aliphatic carbocycles. The largest absolute Gasteiger partial charge is 0.509 e. The summed E-state index contributed by atoms with van der Waals surface area (Å²) in [4.78, 5) is 74.3. The molecule has 0 aromatic heterocycles. The van der Waals surface area contributed by atoms with Gasteiger partial charge in [0.25, 0.3) is 0 Å². The summed E-state index contributed by atoms with van der Waals surface area (Å²) in [6, 6.07) is 0. The van der Waals surface area contributed by atoms with E-state index in [2.05, 4.69) is 46.9 Å². The smallest absolute Gasteiger partial charge is 0.466 e. The first kappa shape index (κ1) is 48.0. The van der Waals surface area contributed by atoms with Gasteiger partial charge in [0.05, 0.1) is 50.8 Å². The molecule has 18 heteroatoms. The van der Waals surface area contributed by atoms with E-state index in [-0.39, 0.29) is 44.9 Å². The zero-order valence-corrected chi connectivity index (χ0v) is 28.3. The van der Waals surface area contributed by atoms with Crippen molar-refractivity contribution < 1.29 is 71.8 Å². The maximum Gasteiger partial charge on any atom is 0.509 e. The molecule has 0 amide bonds. The Morgan fingerprint density at radius 1 is 0.545 bits per heavy atom. The van der Waals surface area contributed by atoms with Crippen LogP contribution in [0.1, 0.15) is 55.4 Å². The van der Waals surface area contributed by atoms with Crippen molar-refractivity contribution in [3.8, 4) is 0 Å². The lowest BCUT2D eigenvalue weighted by atomic mass is 10.2. The first-order chi connectivity index (χ1) is 20.4. The second-order valence-electron chi connectivity index (χ2n) is 7.99.